The quantitative estimate of drug-likeness (QED) is 0.769. The predicted octanol–water partition coefficient (Wildman–Crippen LogP) is 1.57. The Morgan fingerprint density at radius 3 is 2.54 bits per heavy atom. The third-order valence-electron chi connectivity index (χ3n) is 6.15. The second kappa shape index (κ2) is 7.55. The fraction of sp³-hybridized carbons (Fsp3) is 0.842. The van der Waals surface area contributed by atoms with Crippen LogP contribution in [-0.2, 0) is 9.59 Å². The molecule has 1 atom stereocenters. The van der Waals surface area contributed by atoms with Crippen LogP contribution in [0, 0.1) is 0 Å². The highest BCUT2D eigenvalue weighted by Gasteiger charge is 2.54. The van der Waals surface area contributed by atoms with Gasteiger partial charge in [0.25, 0.3) is 5.91 Å². The van der Waals surface area contributed by atoms with Gasteiger partial charge in [0.2, 0.25) is 5.91 Å². The van der Waals surface area contributed by atoms with Crippen LogP contribution in [-0.4, -0.2) is 76.3 Å². The summed E-state index contributed by atoms with van der Waals surface area (Å²) >= 11 is 0. The van der Waals surface area contributed by atoms with E-state index in [1.165, 1.54) is 4.90 Å². The highest BCUT2D eigenvalue weighted by molar-refractivity contribution is 6.07. The maximum Gasteiger partial charge on any atom is 0.325 e. The van der Waals surface area contributed by atoms with Crippen LogP contribution in [0.4, 0.5) is 4.79 Å². The minimum atomic E-state index is -0.738. The van der Waals surface area contributed by atoms with E-state index >= 15 is 0 Å². The molecule has 3 fully saturated rings. The van der Waals surface area contributed by atoms with Crippen molar-refractivity contribution in [2.24, 2.45) is 0 Å². The van der Waals surface area contributed by atoms with Gasteiger partial charge >= 0.3 is 6.03 Å². The van der Waals surface area contributed by atoms with Crippen molar-refractivity contribution in [2.75, 3.05) is 26.2 Å². The molecule has 0 unspecified atom stereocenters. The summed E-state index contributed by atoms with van der Waals surface area (Å²) in [6.45, 7) is 9.16. The van der Waals surface area contributed by atoms with E-state index in [0.717, 1.165) is 38.9 Å². The summed E-state index contributed by atoms with van der Waals surface area (Å²) in [6.07, 6.45) is 4.30. The maximum atomic E-state index is 13.2. The summed E-state index contributed by atoms with van der Waals surface area (Å²) in [6, 6.07) is -0.0190. The lowest BCUT2D eigenvalue weighted by atomic mass is 9.86. The molecular weight excluding hydrogens is 332 g/mol. The van der Waals surface area contributed by atoms with Gasteiger partial charge in [-0.1, -0.05) is 6.92 Å². The first kappa shape index (κ1) is 19.1. The van der Waals surface area contributed by atoms with Crippen LogP contribution in [0.15, 0.2) is 0 Å². The lowest BCUT2D eigenvalue weighted by molar-refractivity contribution is -0.139. The van der Waals surface area contributed by atoms with E-state index in [-0.39, 0.29) is 23.9 Å². The fourth-order valence-electron chi connectivity index (χ4n) is 4.50. The summed E-state index contributed by atoms with van der Waals surface area (Å²) in [5.41, 5.74) is -0.738. The number of imide groups is 1. The molecule has 0 saturated carbocycles. The summed E-state index contributed by atoms with van der Waals surface area (Å²) in [4.78, 5) is 43.7. The third-order valence-corrected chi connectivity index (χ3v) is 6.15. The molecule has 3 heterocycles. The van der Waals surface area contributed by atoms with Gasteiger partial charge in [0.1, 0.15) is 5.54 Å². The molecule has 3 saturated heterocycles. The summed E-state index contributed by atoms with van der Waals surface area (Å²) in [5.74, 6) is 0.0462. The number of rotatable bonds is 4. The third kappa shape index (κ3) is 3.46. The van der Waals surface area contributed by atoms with Crippen LogP contribution < -0.4 is 5.32 Å². The van der Waals surface area contributed by atoms with Crippen molar-refractivity contribution in [2.45, 2.75) is 76.9 Å². The Morgan fingerprint density at radius 1 is 1.23 bits per heavy atom. The van der Waals surface area contributed by atoms with Gasteiger partial charge in [0.15, 0.2) is 0 Å². The monoisotopic (exact) mass is 364 g/mol. The van der Waals surface area contributed by atoms with Gasteiger partial charge in [-0.25, -0.2) is 4.79 Å². The second-order valence-electron chi connectivity index (χ2n) is 8.20. The zero-order valence-corrected chi connectivity index (χ0v) is 16.3. The van der Waals surface area contributed by atoms with E-state index in [2.05, 4.69) is 24.1 Å². The van der Waals surface area contributed by atoms with Gasteiger partial charge < -0.3 is 15.1 Å². The Morgan fingerprint density at radius 2 is 1.92 bits per heavy atom. The maximum absolute atomic E-state index is 13.2. The number of nitrogens with zero attached hydrogens (tertiary/aromatic N) is 3. The first-order chi connectivity index (χ1) is 12.4. The standard InChI is InChI=1S/C19H32N4O3/c1-4-6-16(24)22-10-5-7-15(13-22)23-17(25)19(20-18(23)26)8-11-21(12-9-19)14(2)3/h14-15H,4-13H2,1-3H3,(H,20,26)/t15-/m1/s1. The van der Waals surface area contributed by atoms with Gasteiger partial charge in [-0.15, -0.1) is 0 Å². The zero-order valence-electron chi connectivity index (χ0n) is 16.3. The van der Waals surface area contributed by atoms with Crippen LogP contribution in [0.5, 0.6) is 0 Å². The zero-order chi connectivity index (χ0) is 18.9. The Balaban J connectivity index is 1.68. The topological polar surface area (TPSA) is 73.0 Å². The van der Waals surface area contributed by atoms with Crippen molar-refractivity contribution in [3.05, 3.63) is 0 Å². The number of amides is 4. The molecule has 146 valence electrons. The van der Waals surface area contributed by atoms with Crippen molar-refractivity contribution < 1.29 is 14.4 Å². The lowest BCUT2D eigenvalue weighted by Gasteiger charge is -2.40. The van der Waals surface area contributed by atoms with Crippen molar-refractivity contribution in [3.63, 3.8) is 0 Å². The number of hydrogen-bond acceptors (Lipinski definition) is 4. The van der Waals surface area contributed by atoms with Gasteiger partial charge in [0, 0.05) is 38.6 Å². The molecule has 4 amide bonds. The normalized spacial score (nSPS) is 26.7. The second-order valence-corrected chi connectivity index (χ2v) is 8.20. The molecule has 1 N–H and O–H groups in total. The SMILES string of the molecule is CCCC(=O)N1CCC[C@@H](N2C(=O)NC3(CCN(C(C)C)CC3)C2=O)C1. The van der Waals surface area contributed by atoms with Crippen molar-refractivity contribution in [3.8, 4) is 0 Å². The number of likely N-dealkylation sites (tertiary alicyclic amines) is 2. The Hall–Kier alpha value is -1.63. The van der Waals surface area contributed by atoms with E-state index in [4.69, 9.17) is 0 Å². The van der Waals surface area contributed by atoms with E-state index < -0.39 is 5.54 Å². The summed E-state index contributed by atoms with van der Waals surface area (Å²) in [5, 5.41) is 3.00. The summed E-state index contributed by atoms with van der Waals surface area (Å²) in [7, 11) is 0. The number of piperidine rings is 2. The highest BCUT2D eigenvalue weighted by atomic mass is 16.2. The highest BCUT2D eigenvalue weighted by Crippen LogP contribution is 2.32. The molecule has 0 radical (unpaired) electrons. The molecule has 7 heteroatoms. The molecule has 3 aliphatic rings. The number of nitrogens with one attached hydrogen (secondary N) is 1. The van der Waals surface area contributed by atoms with Crippen molar-refractivity contribution in [1.82, 2.24) is 20.0 Å². The van der Waals surface area contributed by atoms with Crippen LogP contribution in [0.3, 0.4) is 0 Å². The van der Waals surface area contributed by atoms with Gasteiger partial charge in [-0.05, 0) is 46.0 Å². The largest absolute Gasteiger partial charge is 0.341 e. The molecule has 1 spiro atoms. The number of urea groups is 1. The van der Waals surface area contributed by atoms with Gasteiger partial charge in [-0.2, -0.15) is 0 Å². The number of carbonyl (C=O) groups is 3. The molecule has 3 aliphatic heterocycles. The minimum absolute atomic E-state index is 0.0827. The molecule has 0 aliphatic carbocycles. The molecule has 3 rings (SSSR count). The van der Waals surface area contributed by atoms with E-state index in [0.29, 0.717) is 31.8 Å². The van der Waals surface area contributed by atoms with Crippen LogP contribution in [0.1, 0.15) is 59.3 Å². The van der Waals surface area contributed by atoms with Crippen LogP contribution in [0.25, 0.3) is 0 Å². The molecule has 7 nitrogen and oxygen atoms in total. The fourth-order valence-corrected chi connectivity index (χ4v) is 4.50. The Bertz CT molecular complexity index is 569. The van der Waals surface area contributed by atoms with E-state index in [1.54, 1.807) is 0 Å². The van der Waals surface area contributed by atoms with Crippen molar-refractivity contribution >= 4 is 17.8 Å². The van der Waals surface area contributed by atoms with E-state index in [9.17, 15) is 14.4 Å². The Kier molecular flexibility index (Phi) is 5.55. The molecule has 0 aromatic heterocycles. The molecular formula is C19H32N4O3. The lowest BCUT2D eigenvalue weighted by Crippen LogP contribution is -2.57. The van der Waals surface area contributed by atoms with Crippen molar-refractivity contribution in [1.29, 1.82) is 0 Å². The van der Waals surface area contributed by atoms with Crippen LogP contribution >= 0.6 is 0 Å². The van der Waals surface area contributed by atoms with Gasteiger partial charge in [0.05, 0.1) is 6.04 Å². The molecule has 26 heavy (non-hydrogen) atoms. The number of hydrogen-bond donors (Lipinski definition) is 1. The van der Waals surface area contributed by atoms with Crippen LogP contribution in [0.2, 0.25) is 0 Å². The predicted molar refractivity (Wildman–Crippen MR) is 98.6 cm³/mol. The first-order valence-corrected chi connectivity index (χ1v) is 10.1. The molecule has 0 aromatic rings. The first-order valence-electron chi connectivity index (χ1n) is 10.1. The average molecular weight is 364 g/mol. The Labute approximate surface area is 156 Å². The molecule has 0 bridgehead atoms. The van der Waals surface area contributed by atoms with E-state index in [1.807, 2.05) is 11.8 Å². The summed E-state index contributed by atoms with van der Waals surface area (Å²) < 4.78 is 0. The smallest absolute Gasteiger partial charge is 0.325 e. The molecule has 0 aromatic carbocycles. The average Bonchev–Trinajstić information content (AvgIpc) is 2.85. The number of carbonyl (C=O) groups excluding carboxylic acids is 3. The minimum Gasteiger partial charge on any atom is -0.341 e. The van der Waals surface area contributed by atoms with Gasteiger partial charge in [-0.3, -0.25) is 14.5 Å².